The fraction of sp³-hybridized carbons (Fsp3) is 0.920. The van der Waals surface area contributed by atoms with Gasteiger partial charge in [0.2, 0.25) is 0 Å². The normalized spacial score (nSPS) is 11.8. The molecule has 0 spiro atoms. The summed E-state index contributed by atoms with van der Waals surface area (Å²) in [6, 6.07) is 0. The van der Waals surface area contributed by atoms with Crippen molar-refractivity contribution in [2.75, 3.05) is 0 Å². The third-order valence-electron chi connectivity index (χ3n) is 18.4. The quantitative estimate of drug-likeness (QED) is 0.0464. The van der Waals surface area contributed by atoms with E-state index in [0.29, 0.717) is 0 Å². The number of nitrogens with zero attached hydrogens (tertiary/aromatic N) is 4. The van der Waals surface area contributed by atoms with Gasteiger partial charge in [-0.15, -0.1) is 0 Å². The van der Waals surface area contributed by atoms with E-state index in [9.17, 15) is 0 Å². The number of hydrogen-bond donors (Lipinski definition) is 0. The van der Waals surface area contributed by atoms with Gasteiger partial charge in [-0.2, -0.15) is 0 Å². The Hall–Kier alpha value is -1.58. The summed E-state index contributed by atoms with van der Waals surface area (Å²) in [5.74, 6) is 3.00. The van der Waals surface area contributed by atoms with Crippen LogP contribution in [0.15, 0.2) is 24.8 Å². The van der Waals surface area contributed by atoms with Crippen LogP contribution in [0.2, 0.25) is 0 Å². The molecule has 0 aliphatic carbocycles. The van der Waals surface area contributed by atoms with Crippen molar-refractivity contribution in [1.29, 1.82) is 0 Å². The molecule has 4 heteroatoms. The molecule has 79 heavy (non-hydrogen) atoms. The van der Waals surface area contributed by atoms with Crippen molar-refractivity contribution in [2.24, 2.45) is 0 Å². The molecule has 0 aliphatic rings. The molecule has 0 saturated heterocycles. The molecule has 0 fully saturated rings. The smallest absolute Gasteiger partial charge is 0.223 e. The number of rotatable bonds is 66. The van der Waals surface area contributed by atoms with E-state index >= 15 is 0 Å². The molecule has 4 nitrogen and oxygen atoms in total. The maximum absolute atomic E-state index is 2.70. The number of imidazole rings is 2. The Labute approximate surface area is 497 Å². The maximum Gasteiger partial charge on any atom is 0.373 e. The van der Waals surface area contributed by atoms with Gasteiger partial charge in [0.1, 0.15) is 24.8 Å². The molecular weight excluding hydrogens is 957 g/mol. The van der Waals surface area contributed by atoms with Crippen LogP contribution in [0.5, 0.6) is 0 Å². The van der Waals surface area contributed by atoms with Gasteiger partial charge in [-0.3, -0.25) is 0 Å². The Bertz CT molecular complexity index is 1470. The summed E-state index contributed by atoms with van der Waals surface area (Å²) >= 11 is 0. The first-order chi connectivity index (χ1) is 39.3. The van der Waals surface area contributed by atoms with Crippen LogP contribution < -0.4 is 9.13 Å². The molecule has 0 radical (unpaired) electrons. The van der Waals surface area contributed by atoms with Crippen molar-refractivity contribution in [2.45, 2.75) is 446 Å². The molecule has 0 unspecified atom stereocenters. The van der Waals surface area contributed by atoms with Crippen molar-refractivity contribution < 1.29 is 9.13 Å². The number of aryl methyl sites for hydroxylation is 4. The van der Waals surface area contributed by atoms with Gasteiger partial charge in [-0.1, -0.05) is 368 Å². The lowest BCUT2D eigenvalue weighted by atomic mass is 10.0. The van der Waals surface area contributed by atoms with Crippen molar-refractivity contribution in [1.82, 2.24) is 9.13 Å². The third kappa shape index (κ3) is 44.6. The summed E-state index contributed by atoms with van der Waals surface area (Å²) in [6.07, 6.45) is 97.1. The summed E-state index contributed by atoms with van der Waals surface area (Å²) < 4.78 is 10.8. The van der Waals surface area contributed by atoms with E-state index in [1.807, 2.05) is 0 Å². The molecule has 2 heterocycles. The largest absolute Gasteiger partial charge is 0.373 e. The van der Waals surface area contributed by atoms with Crippen LogP contribution in [0.1, 0.15) is 419 Å². The standard InChI is InChI=1S/C75H146N4/c1-5-9-13-17-21-25-29-33-37-39-41-45-49-53-57-61-65-69-79-73-71-77(67-63-59-55-51-47-43-36-32-28-24-20-16-12-8-4)75(79)74-76(66-62-58-54-50-46-42-35-31-27-23-19-15-11-7-3)70-72-78(74)68-64-60-56-52-48-44-40-38-34-30-26-22-18-14-10-6-2/h70-73H,5-69H2,1-4H3/q+2. The highest BCUT2D eigenvalue weighted by atomic mass is 15.2. The third-order valence-corrected chi connectivity index (χ3v) is 18.4. The van der Waals surface area contributed by atoms with Gasteiger partial charge in [0.15, 0.2) is 0 Å². The predicted molar refractivity (Wildman–Crippen MR) is 353 cm³/mol. The predicted octanol–water partition coefficient (Wildman–Crippen LogP) is 25.4. The van der Waals surface area contributed by atoms with Gasteiger partial charge in [0, 0.05) is 0 Å². The van der Waals surface area contributed by atoms with Gasteiger partial charge in [0.05, 0.1) is 26.2 Å². The summed E-state index contributed by atoms with van der Waals surface area (Å²) in [6.45, 7) is 13.9. The van der Waals surface area contributed by atoms with Crippen molar-refractivity contribution in [3.8, 4) is 11.6 Å². The van der Waals surface area contributed by atoms with E-state index in [1.165, 1.54) is 403 Å². The molecule has 0 atom stereocenters. The van der Waals surface area contributed by atoms with Gasteiger partial charge in [-0.05, 0) is 51.4 Å². The lowest BCUT2D eigenvalue weighted by molar-refractivity contribution is -0.715. The molecule has 2 aromatic rings. The van der Waals surface area contributed by atoms with Crippen LogP contribution in [-0.4, -0.2) is 9.13 Å². The van der Waals surface area contributed by atoms with E-state index < -0.39 is 0 Å². The highest BCUT2D eigenvalue weighted by Crippen LogP contribution is 2.22. The average molecular weight is 1100 g/mol. The average Bonchev–Trinajstić information content (AvgIpc) is 4.06. The molecule has 0 bridgehead atoms. The lowest BCUT2D eigenvalue weighted by Gasteiger charge is -2.09. The minimum Gasteiger partial charge on any atom is -0.223 e. The molecule has 0 amide bonds. The molecule has 0 aromatic carbocycles. The minimum absolute atomic E-state index is 1.16. The number of unbranched alkanes of at least 4 members (excludes halogenated alkanes) is 57. The van der Waals surface area contributed by atoms with Crippen LogP contribution in [0, 0.1) is 0 Å². The van der Waals surface area contributed by atoms with Crippen molar-refractivity contribution in [3.05, 3.63) is 24.8 Å². The van der Waals surface area contributed by atoms with E-state index in [2.05, 4.69) is 70.8 Å². The Morgan fingerprint density at radius 2 is 0.354 bits per heavy atom. The van der Waals surface area contributed by atoms with Gasteiger partial charge < -0.3 is 0 Å². The zero-order valence-electron chi connectivity index (χ0n) is 55.1. The van der Waals surface area contributed by atoms with Gasteiger partial charge in [0.25, 0.3) is 0 Å². The van der Waals surface area contributed by atoms with Crippen molar-refractivity contribution in [3.63, 3.8) is 0 Å². The second kappa shape index (κ2) is 59.6. The Morgan fingerprint density at radius 3 is 0.532 bits per heavy atom. The summed E-state index contributed by atoms with van der Waals surface area (Å²) in [5, 5.41) is 0. The van der Waals surface area contributed by atoms with E-state index in [4.69, 9.17) is 0 Å². The Balaban J connectivity index is 1.98. The first-order valence-electron chi connectivity index (χ1n) is 37.4. The first-order valence-corrected chi connectivity index (χ1v) is 37.4. The molecule has 464 valence electrons. The molecule has 2 rings (SSSR count). The highest BCUT2D eigenvalue weighted by molar-refractivity contribution is 5.36. The topological polar surface area (TPSA) is 17.6 Å². The summed E-state index contributed by atoms with van der Waals surface area (Å²) in [5.41, 5.74) is 0. The fourth-order valence-electron chi connectivity index (χ4n) is 13.0. The van der Waals surface area contributed by atoms with Crippen LogP contribution in [-0.2, 0) is 26.2 Å². The minimum atomic E-state index is 1.16. The van der Waals surface area contributed by atoms with Crippen LogP contribution in [0.25, 0.3) is 11.6 Å². The van der Waals surface area contributed by atoms with E-state index in [1.54, 1.807) is 0 Å². The SMILES string of the molecule is CCCCCCCCCCCCCCCCCCC[n+]1ccn(CCCCCCCCCCCCCCCC)c1-c1n(CCCCCCCCCCCCCCCC)cc[n+]1CCCCCCCCCCCCCCCCCC. The highest BCUT2D eigenvalue weighted by Gasteiger charge is 2.32. The zero-order chi connectivity index (χ0) is 56.3. The molecule has 0 N–H and O–H groups in total. The molecule has 2 aromatic heterocycles. The number of aromatic nitrogens is 4. The van der Waals surface area contributed by atoms with Crippen LogP contribution in [0.3, 0.4) is 0 Å². The number of hydrogen-bond acceptors (Lipinski definition) is 0. The summed E-state index contributed by atoms with van der Waals surface area (Å²) in [4.78, 5) is 0. The summed E-state index contributed by atoms with van der Waals surface area (Å²) in [7, 11) is 0. The molecule has 0 saturated carbocycles. The second-order valence-corrected chi connectivity index (χ2v) is 26.2. The Kier molecular flexibility index (Phi) is 55.4. The Morgan fingerprint density at radius 1 is 0.203 bits per heavy atom. The van der Waals surface area contributed by atoms with Gasteiger partial charge in [-0.25, -0.2) is 18.3 Å². The second-order valence-electron chi connectivity index (χ2n) is 26.2. The molecule has 0 aliphatic heterocycles. The maximum atomic E-state index is 2.70. The molecular formula is C75H146N4+2. The van der Waals surface area contributed by atoms with Gasteiger partial charge >= 0.3 is 11.6 Å². The van der Waals surface area contributed by atoms with Crippen LogP contribution in [0.4, 0.5) is 0 Å². The fourth-order valence-corrected chi connectivity index (χ4v) is 13.0. The van der Waals surface area contributed by atoms with Crippen LogP contribution >= 0.6 is 0 Å². The van der Waals surface area contributed by atoms with E-state index in [0.717, 1.165) is 26.2 Å². The monoisotopic (exact) mass is 1100 g/mol. The first kappa shape index (κ1) is 73.5. The van der Waals surface area contributed by atoms with E-state index in [-0.39, 0.29) is 0 Å². The zero-order valence-corrected chi connectivity index (χ0v) is 55.1. The van der Waals surface area contributed by atoms with Crippen molar-refractivity contribution >= 4 is 0 Å². The lowest BCUT2D eigenvalue weighted by Crippen LogP contribution is -2.43.